The van der Waals surface area contributed by atoms with E-state index < -0.39 is 0 Å². The van der Waals surface area contributed by atoms with E-state index in [0.717, 1.165) is 16.5 Å². The van der Waals surface area contributed by atoms with Crippen LogP contribution in [0.3, 0.4) is 0 Å². The lowest BCUT2D eigenvalue weighted by Gasteiger charge is -2.20. The third-order valence-electron chi connectivity index (χ3n) is 3.77. The Bertz CT molecular complexity index is 654. The van der Waals surface area contributed by atoms with Gasteiger partial charge in [-0.3, -0.25) is 4.79 Å². The van der Waals surface area contributed by atoms with Gasteiger partial charge in [-0.25, -0.2) is 4.98 Å². The summed E-state index contributed by atoms with van der Waals surface area (Å²) in [4.78, 5) is 18.6. The van der Waals surface area contributed by atoms with E-state index in [1.165, 1.54) is 0 Å². The molecule has 0 saturated heterocycles. The second kappa shape index (κ2) is 8.17. The number of hydrogen-bond acceptors (Lipinski definition) is 4. The van der Waals surface area contributed by atoms with E-state index in [1.807, 2.05) is 56.2 Å². The van der Waals surface area contributed by atoms with E-state index in [1.54, 1.807) is 18.0 Å². The predicted octanol–water partition coefficient (Wildman–Crippen LogP) is 2.39. The number of nitrogens with one attached hydrogen (secondary N) is 1. The molecular formula is C17H24N4OS. The van der Waals surface area contributed by atoms with E-state index in [0.29, 0.717) is 18.2 Å². The van der Waals surface area contributed by atoms with Crippen LogP contribution < -0.4 is 5.32 Å². The van der Waals surface area contributed by atoms with Crippen molar-refractivity contribution >= 4 is 17.7 Å². The topological polar surface area (TPSA) is 50.2 Å². The molecule has 124 valence electrons. The first kappa shape index (κ1) is 17.6. The SMILES string of the molecule is C[C@@H](CNC(=O)c1cccc(CSc2nccn2C)c1)N(C)C. The number of nitrogens with zero attached hydrogens (tertiary/aromatic N) is 3. The summed E-state index contributed by atoms with van der Waals surface area (Å²) in [6, 6.07) is 8.07. The number of amides is 1. The Hall–Kier alpha value is -1.79. The normalized spacial score (nSPS) is 12.4. The summed E-state index contributed by atoms with van der Waals surface area (Å²) in [6.07, 6.45) is 3.72. The Kier molecular flexibility index (Phi) is 6.24. The summed E-state index contributed by atoms with van der Waals surface area (Å²) < 4.78 is 1.99. The number of imidazole rings is 1. The van der Waals surface area contributed by atoms with Crippen molar-refractivity contribution in [3.63, 3.8) is 0 Å². The van der Waals surface area contributed by atoms with Gasteiger partial charge in [0.05, 0.1) is 0 Å². The van der Waals surface area contributed by atoms with Gasteiger partial charge in [0.2, 0.25) is 0 Å². The summed E-state index contributed by atoms with van der Waals surface area (Å²) in [6.45, 7) is 2.72. The zero-order valence-corrected chi connectivity index (χ0v) is 14.9. The summed E-state index contributed by atoms with van der Waals surface area (Å²) in [7, 11) is 5.99. The standard InChI is InChI=1S/C17H24N4OS/c1-13(20(2)3)11-19-16(22)15-7-5-6-14(10-15)12-23-17-18-8-9-21(17)4/h5-10,13H,11-12H2,1-4H3,(H,19,22)/t13-/m0/s1. The number of thioether (sulfide) groups is 1. The molecule has 0 aliphatic heterocycles. The molecule has 0 fully saturated rings. The van der Waals surface area contributed by atoms with Crippen LogP contribution >= 0.6 is 11.8 Å². The Morgan fingerprint density at radius 3 is 2.87 bits per heavy atom. The molecule has 1 atom stereocenters. The van der Waals surface area contributed by atoms with Gasteiger partial charge in [0.15, 0.2) is 5.16 Å². The van der Waals surface area contributed by atoms with Gasteiger partial charge in [-0.2, -0.15) is 0 Å². The first-order valence-corrected chi connectivity index (χ1v) is 8.59. The molecule has 0 radical (unpaired) electrons. The number of benzene rings is 1. The minimum atomic E-state index is -0.0254. The Morgan fingerprint density at radius 1 is 1.43 bits per heavy atom. The molecule has 1 aromatic carbocycles. The molecule has 1 N–H and O–H groups in total. The fourth-order valence-corrected chi connectivity index (χ4v) is 2.84. The highest BCUT2D eigenvalue weighted by molar-refractivity contribution is 7.98. The first-order chi connectivity index (χ1) is 11.0. The number of aromatic nitrogens is 2. The van der Waals surface area contributed by atoms with Gasteiger partial charge in [-0.15, -0.1) is 0 Å². The van der Waals surface area contributed by atoms with Gasteiger partial charge in [-0.05, 0) is 38.7 Å². The highest BCUT2D eigenvalue weighted by atomic mass is 32.2. The minimum absolute atomic E-state index is 0.0254. The zero-order valence-electron chi connectivity index (χ0n) is 14.1. The zero-order chi connectivity index (χ0) is 16.8. The van der Waals surface area contributed by atoms with Gasteiger partial charge in [-0.1, -0.05) is 23.9 Å². The average Bonchev–Trinajstić information content (AvgIpc) is 2.95. The van der Waals surface area contributed by atoms with Crippen molar-refractivity contribution in [1.82, 2.24) is 19.8 Å². The second-order valence-electron chi connectivity index (χ2n) is 5.83. The molecule has 6 heteroatoms. The van der Waals surface area contributed by atoms with Crippen LogP contribution in [-0.2, 0) is 12.8 Å². The first-order valence-electron chi connectivity index (χ1n) is 7.61. The maximum Gasteiger partial charge on any atom is 0.251 e. The molecule has 0 unspecified atom stereocenters. The number of carbonyl (C=O) groups is 1. The van der Waals surface area contributed by atoms with E-state index in [9.17, 15) is 4.79 Å². The largest absolute Gasteiger partial charge is 0.350 e. The molecule has 0 spiro atoms. The van der Waals surface area contributed by atoms with Crippen molar-refractivity contribution in [3.05, 3.63) is 47.8 Å². The number of aryl methyl sites for hydroxylation is 1. The quantitative estimate of drug-likeness (QED) is 0.791. The highest BCUT2D eigenvalue weighted by Gasteiger charge is 2.10. The fourth-order valence-electron chi connectivity index (χ4n) is 1.97. The lowest BCUT2D eigenvalue weighted by atomic mass is 10.1. The van der Waals surface area contributed by atoms with Gasteiger partial charge >= 0.3 is 0 Å². The smallest absolute Gasteiger partial charge is 0.251 e. The number of likely N-dealkylation sites (N-methyl/N-ethyl adjacent to an activating group) is 1. The van der Waals surface area contributed by atoms with Gasteiger partial charge in [0.25, 0.3) is 5.91 Å². The fraction of sp³-hybridized carbons (Fsp3) is 0.412. The molecule has 0 aliphatic carbocycles. The predicted molar refractivity (Wildman–Crippen MR) is 94.7 cm³/mol. The molecule has 0 bridgehead atoms. The van der Waals surface area contributed by atoms with Crippen molar-refractivity contribution in [3.8, 4) is 0 Å². The number of carbonyl (C=O) groups excluding carboxylic acids is 1. The molecular weight excluding hydrogens is 308 g/mol. The van der Waals surface area contributed by atoms with Crippen LogP contribution in [0.25, 0.3) is 0 Å². The van der Waals surface area contributed by atoms with Crippen molar-refractivity contribution in [2.24, 2.45) is 7.05 Å². The van der Waals surface area contributed by atoms with Crippen molar-refractivity contribution < 1.29 is 4.79 Å². The van der Waals surface area contributed by atoms with Crippen LogP contribution in [-0.4, -0.2) is 47.0 Å². The maximum atomic E-state index is 12.3. The monoisotopic (exact) mass is 332 g/mol. The summed E-state index contributed by atoms with van der Waals surface area (Å²) in [5, 5.41) is 3.95. The van der Waals surface area contributed by atoms with Gasteiger partial charge < -0.3 is 14.8 Å². The highest BCUT2D eigenvalue weighted by Crippen LogP contribution is 2.21. The molecule has 5 nitrogen and oxygen atoms in total. The number of hydrogen-bond donors (Lipinski definition) is 1. The Morgan fingerprint density at radius 2 is 2.22 bits per heavy atom. The van der Waals surface area contributed by atoms with Crippen LogP contribution in [0, 0.1) is 0 Å². The van der Waals surface area contributed by atoms with E-state index in [2.05, 4.69) is 22.1 Å². The van der Waals surface area contributed by atoms with E-state index in [4.69, 9.17) is 0 Å². The third-order valence-corrected chi connectivity index (χ3v) is 4.90. The molecule has 2 aromatic rings. The number of rotatable bonds is 7. The Labute approximate surface area is 142 Å². The third kappa shape index (κ3) is 5.11. The van der Waals surface area contributed by atoms with Crippen molar-refractivity contribution in [1.29, 1.82) is 0 Å². The second-order valence-corrected chi connectivity index (χ2v) is 6.77. The van der Waals surface area contributed by atoms with Crippen LogP contribution in [0.1, 0.15) is 22.8 Å². The molecule has 2 rings (SSSR count). The van der Waals surface area contributed by atoms with E-state index in [-0.39, 0.29) is 5.91 Å². The van der Waals surface area contributed by atoms with Crippen LogP contribution in [0.5, 0.6) is 0 Å². The average molecular weight is 332 g/mol. The van der Waals surface area contributed by atoms with Gasteiger partial charge in [0, 0.05) is 43.3 Å². The molecule has 1 amide bonds. The Balaban J connectivity index is 1.93. The van der Waals surface area contributed by atoms with Gasteiger partial charge in [0.1, 0.15) is 0 Å². The van der Waals surface area contributed by atoms with Crippen LogP contribution in [0.15, 0.2) is 41.8 Å². The lowest BCUT2D eigenvalue weighted by molar-refractivity contribution is 0.0943. The molecule has 1 aromatic heterocycles. The van der Waals surface area contributed by atoms with Crippen molar-refractivity contribution in [2.45, 2.75) is 23.9 Å². The molecule has 1 heterocycles. The van der Waals surface area contributed by atoms with Crippen LogP contribution in [0.4, 0.5) is 0 Å². The molecule has 23 heavy (non-hydrogen) atoms. The maximum absolute atomic E-state index is 12.3. The van der Waals surface area contributed by atoms with Crippen LogP contribution in [0.2, 0.25) is 0 Å². The van der Waals surface area contributed by atoms with Crippen molar-refractivity contribution in [2.75, 3.05) is 20.6 Å². The summed E-state index contributed by atoms with van der Waals surface area (Å²) in [5.41, 5.74) is 1.82. The lowest BCUT2D eigenvalue weighted by Crippen LogP contribution is -2.38. The summed E-state index contributed by atoms with van der Waals surface area (Å²) >= 11 is 1.66. The molecule has 0 saturated carbocycles. The molecule has 0 aliphatic rings. The summed E-state index contributed by atoms with van der Waals surface area (Å²) in [5.74, 6) is 0.766. The minimum Gasteiger partial charge on any atom is -0.350 e. The van der Waals surface area contributed by atoms with E-state index >= 15 is 0 Å².